The number of guanidine groups is 1. The number of nitro groups is 1. The first kappa shape index (κ1) is 26.3. The summed E-state index contributed by atoms with van der Waals surface area (Å²) < 4.78 is 5.21. The fraction of sp³-hybridized carbons (Fsp3) is 0.500. The molecule has 0 saturated heterocycles. The summed E-state index contributed by atoms with van der Waals surface area (Å²) in [5, 5.41) is 20.1. The molecule has 1 atom stereocenters. The number of nitrogens with two attached hydrogens (primary N) is 1. The zero-order valence-electron chi connectivity index (χ0n) is 18.6. The minimum atomic E-state index is -0.925. The predicted octanol–water partition coefficient (Wildman–Crippen LogP) is 1.27. The lowest BCUT2D eigenvalue weighted by atomic mass is 10.1. The summed E-state index contributed by atoms with van der Waals surface area (Å²) in [6.07, 6.45) is -0.173. The summed E-state index contributed by atoms with van der Waals surface area (Å²) in [7, 11) is 0. The van der Waals surface area contributed by atoms with E-state index in [2.05, 4.69) is 21.1 Å². The maximum atomic E-state index is 12.7. The maximum absolute atomic E-state index is 12.7. The number of carbonyl (C=O) groups is 3. The van der Waals surface area contributed by atoms with Crippen molar-refractivity contribution in [1.82, 2.24) is 16.0 Å². The van der Waals surface area contributed by atoms with E-state index in [0.717, 1.165) is 5.56 Å². The van der Waals surface area contributed by atoms with E-state index >= 15 is 0 Å². The molecule has 0 spiro atoms. The average Bonchev–Trinajstić information content (AvgIpc) is 2.66. The molecule has 12 heteroatoms. The fourth-order valence-electron chi connectivity index (χ4n) is 2.53. The number of hydrogen-bond acceptors (Lipinski definition) is 6. The topological polar surface area (TPSA) is 178 Å². The molecule has 0 aliphatic heterocycles. The molecule has 32 heavy (non-hydrogen) atoms. The predicted molar refractivity (Wildman–Crippen MR) is 117 cm³/mol. The van der Waals surface area contributed by atoms with E-state index < -0.39 is 28.7 Å². The van der Waals surface area contributed by atoms with Gasteiger partial charge in [-0.1, -0.05) is 24.3 Å². The average molecular weight is 450 g/mol. The van der Waals surface area contributed by atoms with Gasteiger partial charge in [0.05, 0.1) is 0 Å². The van der Waals surface area contributed by atoms with Crippen LogP contribution in [0.25, 0.3) is 0 Å². The Morgan fingerprint density at radius 2 is 1.81 bits per heavy atom. The van der Waals surface area contributed by atoms with Crippen LogP contribution in [0.2, 0.25) is 0 Å². The van der Waals surface area contributed by atoms with Crippen LogP contribution in [-0.2, 0) is 16.1 Å². The number of nitrogens with zero attached hydrogens (tertiary/aromatic N) is 2. The number of benzene rings is 1. The molecule has 0 saturated carbocycles. The monoisotopic (exact) mass is 450 g/mol. The van der Waals surface area contributed by atoms with Crippen LogP contribution in [0.1, 0.15) is 56.5 Å². The second kappa shape index (κ2) is 12.2. The van der Waals surface area contributed by atoms with Crippen LogP contribution in [0, 0.1) is 10.1 Å². The third-order valence-electron chi connectivity index (χ3n) is 4.00. The lowest BCUT2D eigenvalue weighted by Crippen LogP contribution is -2.48. The number of ether oxygens (including phenoxy) is 1. The Balaban J connectivity index is 2.70. The number of rotatable bonds is 10. The van der Waals surface area contributed by atoms with Gasteiger partial charge >= 0.3 is 6.09 Å². The highest BCUT2D eigenvalue weighted by Crippen LogP contribution is 2.09. The molecule has 0 fully saturated rings. The quantitative estimate of drug-likeness (QED) is 0.103. The Morgan fingerprint density at radius 1 is 1.19 bits per heavy atom. The number of hydrogen-bond donors (Lipinski definition) is 4. The number of ketones is 1. The van der Waals surface area contributed by atoms with Gasteiger partial charge in [0, 0.05) is 18.7 Å². The molecular formula is C20H30N6O6. The highest BCUT2D eigenvalue weighted by atomic mass is 16.7. The van der Waals surface area contributed by atoms with Crippen molar-refractivity contribution >= 4 is 23.7 Å². The number of carbonyl (C=O) groups excluding carboxylic acids is 3. The molecule has 1 aromatic carbocycles. The van der Waals surface area contributed by atoms with Crippen molar-refractivity contribution in [3.63, 3.8) is 0 Å². The molecule has 0 aliphatic carbocycles. The van der Waals surface area contributed by atoms with E-state index in [1.807, 2.05) is 0 Å². The van der Waals surface area contributed by atoms with Gasteiger partial charge in [-0.05, 0) is 46.1 Å². The van der Waals surface area contributed by atoms with E-state index in [1.54, 1.807) is 45.0 Å². The number of amides is 2. The molecular weight excluding hydrogens is 420 g/mol. The molecule has 12 nitrogen and oxygen atoms in total. The zero-order chi connectivity index (χ0) is 24.3. The third kappa shape index (κ3) is 10.9. The van der Waals surface area contributed by atoms with E-state index in [0.29, 0.717) is 12.0 Å². The Labute approximate surface area is 186 Å². The first-order valence-electron chi connectivity index (χ1n) is 9.97. The number of nitrogens with one attached hydrogen (secondary N) is 3. The molecule has 2 amide bonds. The molecule has 0 radical (unpaired) electrons. The van der Waals surface area contributed by atoms with Crippen LogP contribution in [-0.4, -0.2) is 47.0 Å². The van der Waals surface area contributed by atoms with Crippen LogP contribution >= 0.6 is 0 Å². The molecule has 0 bridgehead atoms. The van der Waals surface area contributed by atoms with Gasteiger partial charge in [-0.3, -0.25) is 9.59 Å². The van der Waals surface area contributed by atoms with Crippen LogP contribution in [0.4, 0.5) is 4.79 Å². The maximum Gasteiger partial charge on any atom is 0.408 e. The zero-order valence-corrected chi connectivity index (χ0v) is 18.6. The molecule has 1 rings (SSSR count). The van der Waals surface area contributed by atoms with Crippen LogP contribution in [0.3, 0.4) is 0 Å². The summed E-state index contributed by atoms with van der Waals surface area (Å²) in [5.74, 6) is -0.844. The molecule has 176 valence electrons. The first-order chi connectivity index (χ1) is 14.9. The van der Waals surface area contributed by atoms with E-state index in [-0.39, 0.29) is 31.3 Å². The largest absolute Gasteiger partial charge is 0.444 e. The van der Waals surface area contributed by atoms with Gasteiger partial charge in [0.25, 0.3) is 5.96 Å². The summed E-state index contributed by atoms with van der Waals surface area (Å²) in [6.45, 7) is 6.98. The van der Waals surface area contributed by atoms with E-state index in [9.17, 15) is 24.5 Å². The lowest BCUT2D eigenvalue weighted by Gasteiger charge is -2.23. The SMILES string of the molecule is CC(=O)c1ccc(CNC(=O)[C@@H](CCCNC(N)=N[N+](=O)[O-])NC(=O)OC(C)(C)C)cc1. The minimum Gasteiger partial charge on any atom is -0.444 e. The molecule has 5 N–H and O–H groups in total. The number of Topliss-reactive ketones (excluding diaryl/α,β-unsaturated/α-hetero) is 1. The standard InChI is InChI=1S/C20H30N6O6/c1-13(27)15-9-7-14(8-10-15)12-23-17(28)16(24-19(29)32-20(2,3)4)6-5-11-22-18(21)25-26(30)31/h7-10,16H,5-6,11-12H2,1-4H3,(H,23,28)(H,24,29)(H3,21,22,25)/t16-/m1/s1. The van der Waals surface area contributed by atoms with Crippen LogP contribution in [0.15, 0.2) is 29.4 Å². The Bertz CT molecular complexity index is 847. The smallest absolute Gasteiger partial charge is 0.408 e. The van der Waals surface area contributed by atoms with Crippen molar-refractivity contribution in [2.75, 3.05) is 6.54 Å². The van der Waals surface area contributed by atoms with Gasteiger partial charge < -0.3 is 26.4 Å². The summed E-state index contributed by atoms with van der Waals surface area (Å²) in [4.78, 5) is 46.5. The van der Waals surface area contributed by atoms with E-state index in [4.69, 9.17) is 10.5 Å². The second-order valence-electron chi connectivity index (χ2n) is 7.96. The Kier molecular flexibility index (Phi) is 10.1. The van der Waals surface area contributed by atoms with Gasteiger partial charge in [0.1, 0.15) is 16.7 Å². The molecule has 0 aromatic heterocycles. The van der Waals surface area contributed by atoms with E-state index in [1.165, 1.54) is 6.92 Å². The second-order valence-corrected chi connectivity index (χ2v) is 7.96. The molecule has 0 unspecified atom stereocenters. The van der Waals surface area contributed by atoms with Crippen molar-refractivity contribution in [3.8, 4) is 0 Å². The molecule has 0 heterocycles. The lowest BCUT2D eigenvalue weighted by molar-refractivity contribution is -0.485. The van der Waals surface area contributed by atoms with Crippen molar-refractivity contribution in [1.29, 1.82) is 0 Å². The molecule has 0 aliphatic rings. The van der Waals surface area contributed by atoms with Gasteiger partial charge in [0.2, 0.25) is 5.91 Å². The van der Waals surface area contributed by atoms with Crippen LogP contribution < -0.4 is 21.7 Å². The minimum absolute atomic E-state index is 0.0558. The number of alkyl carbamates (subject to hydrolysis) is 1. The van der Waals surface area contributed by atoms with Crippen molar-refractivity contribution in [2.24, 2.45) is 10.8 Å². The number of hydrazone groups is 1. The van der Waals surface area contributed by atoms with Crippen LogP contribution in [0.5, 0.6) is 0 Å². The Morgan fingerprint density at radius 3 is 2.34 bits per heavy atom. The molecule has 1 aromatic rings. The van der Waals surface area contributed by atoms with Gasteiger partial charge in [-0.2, -0.15) is 0 Å². The summed E-state index contributed by atoms with van der Waals surface area (Å²) >= 11 is 0. The Hall–Kier alpha value is -3.70. The fourth-order valence-corrected chi connectivity index (χ4v) is 2.53. The van der Waals surface area contributed by atoms with Gasteiger partial charge in [0.15, 0.2) is 10.8 Å². The van der Waals surface area contributed by atoms with Gasteiger partial charge in [-0.25, -0.2) is 14.9 Å². The third-order valence-corrected chi connectivity index (χ3v) is 4.00. The highest BCUT2D eigenvalue weighted by Gasteiger charge is 2.24. The van der Waals surface area contributed by atoms with Crippen molar-refractivity contribution in [3.05, 3.63) is 45.5 Å². The summed E-state index contributed by atoms with van der Waals surface area (Å²) in [5.41, 5.74) is 5.96. The highest BCUT2D eigenvalue weighted by molar-refractivity contribution is 5.94. The van der Waals surface area contributed by atoms with Crippen molar-refractivity contribution in [2.45, 2.75) is 58.7 Å². The normalized spacial score (nSPS) is 12.4. The first-order valence-corrected chi connectivity index (χ1v) is 9.97. The van der Waals surface area contributed by atoms with Crippen molar-refractivity contribution < 1.29 is 24.2 Å². The van der Waals surface area contributed by atoms with Gasteiger partial charge in [-0.15, -0.1) is 0 Å². The summed E-state index contributed by atoms with van der Waals surface area (Å²) in [6, 6.07) is 5.89.